The Bertz CT molecular complexity index is 574. The van der Waals surface area contributed by atoms with Crippen LogP contribution in [0, 0.1) is 0 Å². The van der Waals surface area contributed by atoms with Crippen molar-refractivity contribution >= 4 is 11.9 Å². The smallest absolute Gasteiger partial charge is 0.338 e. The lowest BCUT2D eigenvalue weighted by molar-refractivity contribution is 0.0695. The molecule has 0 spiro atoms. The normalized spacial score (nSPS) is 12.1. The van der Waals surface area contributed by atoms with Gasteiger partial charge in [0.05, 0.1) is 11.9 Å². The Balaban J connectivity index is 1.94. The lowest BCUT2D eigenvalue weighted by Gasteiger charge is -2.13. The molecule has 1 amide bonds. The number of aromatic nitrogens is 2. The number of furan rings is 1. The van der Waals surface area contributed by atoms with Gasteiger partial charge in [0.1, 0.15) is 6.26 Å². The van der Waals surface area contributed by atoms with Crippen molar-refractivity contribution in [1.29, 1.82) is 0 Å². The summed E-state index contributed by atoms with van der Waals surface area (Å²) in [5.41, 5.74) is -0.0487. The fourth-order valence-electron chi connectivity index (χ4n) is 1.62. The highest BCUT2D eigenvalue weighted by atomic mass is 16.4. The highest BCUT2D eigenvalue weighted by Crippen LogP contribution is 2.08. The van der Waals surface area contributed by atoms with Crippen LogP contribution >= 0.6 is 0 Å². The van der Waals surface area contributed by atoms with Crippen molar-refractivity contribution in [3.8, 4) is 0 Å². The molecule has 0 aliphatic heterocycles. The van der Waals surface area contributed by atoms with Crippen molar-refractivity contribution in [3.05, 3.63) is 42.4 Å². The van der Waals surface area contributed by atoms with Gasteiger partial charge in [0.2, 0.25) is 0 Å². The molecule has 0 saturated carbocycles. The largest absolute Gasteiger partial charge is 0.478 e. The summed E-state index contributed by atoms with van der Waals surface area (Å²) in [6, 6.07) is 1.06. The Kier molecular flexibility index (Phi) is 3.65. The minimum Gasteiger partial charge on any atom is -0.478 e. The van der Waals surface area contributed by atoms with Gasteiger partial charge in [-0.15, -0.1) is 0 Å². The second-order valence-electron chi connectivity index (χ2n) is 4.14. The molecule has 2 N–H and O–H groups in total. The molecular weight excluding hydrogens is 250 g/mol. The van der Waals surface area contributed by atoms with E-state index in [0.29, 0.717) is 6.54 Å². The number of imidazole rings is 1. The van der Waals surface area contributed by atoms with Gasteiger partial charge in [-0.3, -0.25) is 4.79 Å². The summed E-state index contributed by atoms with van der Waals surface area (Å²) < 4.78 is 6.74. The Morgan fingerprint density at radius 1 is 1.58 bits per heavy atom. The molecular formula is C12H13N3O4. The zero-order chi connectivity index (χ0) is 13.8. The van der Waals surface area contributed by atoms with Gasteiger partial charge in [-0.1, -0.05) is 0 Å². The molecule has 2 heterocycles. The summed E-state index contributed by atoms with van der Waals surface area (Å²) in [5.74, 6) is -1.59. The maximum Gasteiger partial charge on any atom is 0.338 e. The zero-order valence-corrected chi connectivity index (χ0v) is 10.2. The Labute approximate surface area is 108 Å². The first-order chi connectivity index (χ1) is 9.06. The number of hydrogen-bond donors (Lipinski definition) is 2. The standard InChI is InChI=1S/C12H13N3O4/c1-8(5-15-3-2-13-7-15)14-11(16)10-4-9(6-19-10)12(17)18/h2-4,6-8H,5H2,1H3,(H,14,16)(H,17,18). The third kappa shape index (κ3) is 3.21. The predicted octanol–water partition coefficient (Wildman–Crippen LogP) is 0.993. The average molecular weight is 263 g/mol. The Morgan fingerprint density at radius 2 is 2.37 bits per heavy atom. The van der Waals surface area contributed by atoms with Crippen LogP contribution in [0.2, 0.25) is 0 Å². The van der Waals surface area contributed by atoms with Crippen LogP contribution in [0.25, 0.3) is 0 Å². The molecule has 0 aliphatic rings. The number of nitrogens with zero attached hydrogens (tertiary/aromatic N) is 2. The van der Waals surface area contributed by atoms with Crippen LogP contribution in [0.3, 0.4) is 0 Å². The van der Waals surface area contributed by atoms with E-state index in [-0.39, 0.29) is 17.4 Å². The number of carbonyl (C=O) groups is 2. The SMILES string of the molecule is CC(Cn1ccnc1)NC(=O)c1cc(C(=O)O)co1. The maximum atomic E-state index is 11.8. The third-order valence-electron chi connectivity index (χ3n) is 2.49. The van der Waals surface area contributed by atoms with E-state index in [0.717, 1.165) is 6.26 Å². The predicted molar refractivity (Wildman–Crippen MR) is 64.8 cm³/mol. The summed E-state index contributed by atoms with van der Waals surface area (Å²) >= 11 is 0. The lowest BCUT2D eigenvalue weighted by atomic mass is 10.3. The summed E-state index contributed by atoms with van der Waals surface area (Å²) in [7, 11) is 0. The van der Waals surface area contributed by atoms with Crippen LogP contribution in [0.4, 0.5) is 0 Å². The first-order valence-corrected chi connectivity index (χ1v) is 5.64. The monoisotopic (exact) mass is 263 g/mol. The number of amides is 1. The van der Waals surface area contributed by atoms with Crippen molar-refractivity contribution in [2.24, 2.45) is 0 Å². The molecule has 0 fully saturated rings. The molecule has 2 aromatic heterocycles. The number of carboxylic acids is 1. The first kappa shape index (κ1) is 12.9. The van der Waals surface area contributed by atoms with E-state index in [4.69, 9.17) is 9.52 Å². The number of carbonyl (C=O) groups excluding carboxylic acids is 1. The van der Waals surface area contributed by atoms with E-state index in [1.54, 1.807) is 18.7 Å². The van der Waals surface area contributed by atoms with E-state index in [1.165, 1.54) is 6.07 Å². The van der Waals surface area contributed by atoms with Gasteiger partial charge < -0.3 is 19.4 Å². The van der Waals surface area contributed by atoms with Gasteiger partial charge in [-0.05, 0) is 6.92 Å². The van der Waals surface area contributed by atoms with Gasteiger partial charge in [0.15, 0.2) is 5.76 Å². The molecule has 7 nitrogen and oxygen atoms in total. The molecule has 0 aliphatic carbocycles. The number of hydrogen-bond acceptors (Lipinski definition) is 4. The molecule has 7 heteroatoms. The fourth-order valence-corrected chi connectivity index (χ4v) is 1.62. The highest BCUT2D eigenvalue weighted by Gasteiger charge is 2.16. The van der Waals surface area contributed by atoms with Crippen molar-refractivity contribution in [2.75, 3.05) is 0 Å². The van der Waals surface area contributed by atoms with E-state index in [2.05, 4.69) is 10.3 Å². The molecule has 0 bridgehead atoms. The maximum absolute atomic E-state index is 11.8. The number of carboxylic acid groups (broad SMARTS) is 1. The molecule has 1 unspecified atom stereocenters. The minimum atomic E-state index is -1.13. The lowest BCUT2D eigenvalue weighted by Crippen LogP contribution is -2.35. The second-order valence-corrected chi connectivity index (χ2v) is 4.14. The Morgan fingerprint density at radius 3 is 2.95 bits per heavy atom. The Hall–Kier alpha value is -2.57. The van der Waals surface area contributed by atoms with Gasteiger partial charge in [0, 0.05) is 31.0 Å². The van der Waals surface area contributed by atoms with E-state index < -0.39 is 11.9 Å². The van der Waals surface area contributed by atoms with Crippen molar-refractivity contribution in [1.82, 2.24) is 14.9 Å². The van der Waals surface area contributed by atoms with Crippen LogP contribution in [-0.4, -0.2) is 32.6 Å². The molecule has 2 rings (SSSR count). The molecule has 0 aromatic carbocycles. The summed E-state index contributed by atoms with van der Waals surface area (Å²) in [4.78, 5) is 26.4. The third-order valence-corrected chi connectivity index (χ3v) is 2.49. The summed E-state index contributed by atoms with van der Waals surface area (Å²) in [6.07, 6.45) is 6.13. The van der Waals surface area contributed by atoms with Crippen LogP contribution in [0.15, 0.2) is 35.5 Å². The fraction of sp³-hybridized carbons (Fsp3) is 0.250. The van der Waals surface area contributed by atoms with Crippen LogP contribution < -0.4 is 5.32 Å². The van der Waals surface area contributed by atoms with Crippen LogP contribution in [0.1, 0.15) is 27.8 Å². The van der Waals surface area contributed by atoms with Crippen LogP contribution in [0.5, 0.6) is 0 Å². The molecule has 100 valence electrons. The van der Waals surface area contributed by atoms with Crippen molar-refractivity contribution < 1.29 is 19.1 Å². The highest BCUT2D eigenvalue weighted by molar-refractivity contribution is 5.95. The average Bonchev–Trinajstić information content (AvgIpc) is 2.98. The minimum absolute atomic E-state index is 0.0186. The van der Waals surface area contributed by atoms with E-state index in [1.807, 2.05) is 11.5 Å². The van der Waals surface area contributed by atoms with Crippen LogP contribution in [-0.2, 0) is 6.54 Å². The molecule has 19 heavy (non-hydrogen) atoms. The number of aromatic carboxylic acids is 1. The molecule has 2 aromatic rings. The molecule has 1 atom stereocenters. The topological polar surface area (TPSA) is 97.4 Å². The summed E-state index contributed by atoms with van der Waals surface area (Å²) in [5, 5.41) is 11.4. The first-order valence-electron chi connectivity index (χ1n) is 5.64. The second kappa shape index (κ2) is 5.38. The van der Waals surface area contributed by atoms with E-state index >= 15 is 0 Å². The summed E-state index contributed by atoms with van der Waals surface area (Å²) in [6.45, 7) is 2.40. The van der Waals surface area contributed by atoms with E-state index in [9.17, 15) is 9.59 Å². The quantitative estimate of drug-likeness (QED) is 0.838. The van der Waals surface area contributed by atoms with Gasteiger partial charge in [-0.2, -0.15) is 0 Å². The number of nitrogens with one attached hydrogen (secondary N) is 1. The van der Waals surface area contributed by atoms with Gasteiger partial charge in [0.25, 0.3) is 5.91 Å². The van der Waals surface area contributed by atoms with Crippen molar-refractivity contribution in [2.45, 2.75) is 19.5 Å². The van der Waals surface area contributed by atoms with Gasteiger partial charge >= 0.3 is 5.97 Å². The zero-order valence-electron chi connectivity index (χ0n) is 10.2. The van der Waals surface area contributed by atoms with Gasteiger partial charge in [-0.25, -0.2) is 9.78 Å². The molecule has 0 radical (unpaired) electrons. The molecule has 0 saturated heterocycles. The van der Waals surface area contributed by atoms with Crippen molar-refractivity contribution in [3.63, 3.8) is 0 Å². The number of rotatable bonds is 5.